The van der Waals surface area contributed by atoms with E-state index in [9.17, 15) is 19.2 Å². The molecule has 1 aromatic carbocycles. The minimum Gasteiger partial charge on any atom is -0.324 e. The zero-order chi connectivity index (χ0) is 18.0. The maximum absolute atomic E-state index is 12.2. The summed E-state index contributed by atoms with van der Waals surface area (Å²) in [5.74, 6) is -2.45. The average molecular weight is 352 g/mol. The molecule has 0 saturated carbocycles. The summed E-state index contributed by atoms with van der Waals surface area (Å²) in [5, 5.41) is 3.04. The maximum Gasteiger partial charge on any atom is 0.334 e. The number of imide groups is 2. The Kier molecular flexibility index (Phi) is 5.23. The first-order chi connectivity index (χ1) is 11.2. The maximum atomic E-state index is 12.2. The Morgan fingerprint density at radius 2 is 1.79 bits per heavy atom. The second-order valence-corrected chi connectivity index (χ2v) is 6.43. The molecule has 0 bridgehead atoms. The van der Waals surface area contributed by atoms with Gasteiger partial charge in [-0.2, -0.15) is 0 Å². The Labute approximate surface area is 144 Å². The molecule has 0 unspecified atom stereocenters. The molecule has 1 saturated heterocycles. The number of nitrogens with one attached hydrogen (secondary N) is 1. The number of urea groups is 1. The van der Waals surface area contributed by atoms with E-state index in [0.29, 0.717) is 15.6 Å². The lowest BCUT2D eigenvalue weighted by molar-refractivity contribution is -0.143. The van der Waals surface area contributed by atoms with Crippen LogP contribution in [0.3, 0.4) is 0 Å². The largest absolute Gasteiger partial charge is 0.334 e. The summed E-state index contributed by atoms with van der Waals surface area (Å²) < 4.78 is 0. The highest BCUT2D eigenvalue weighted by molar-refractivity contribution is 6.45. The van der Waals surface area contributed by atoms with E-state index in [1.54, 1.807) is 25.1 Å². The van der Waals surface area contributed by atoms with Crippen LogP contribution in [0.25, 0.3) is 0 Å². The number of hydrogen-bond acceptors (Lipinski definition) is 4. The number of carbonyl (C=O) groups excluding carboxylic acids is 4. The smallest absolute Gasteiger partial charge is 0.324 e. The van der Waals surface area contributed by atoms with Crippen LogP contribution in [0.15, 0.2) is 18.2 Å². The summed E-state index contributed by atoms with van der Waals surface area (Å²) in [5.41, 5.74) is 1.27. The highest BCUT2D eigenvalue weighted by Gasteiger charge is 2.45. The molecule has 8 heteroatoms. The van der Waals surface area contributed by atoms with Crippen molar-refractivity contribution in [2.24, 2.45) is 5.92 Å². The fourth-order valence-electron chi connectivity index (χ4n) is 2.28. The van der Waals surface area contributed by atoms with Gasteiger partial charge in [-0.3, -0.25) is 19.3 Å². The van der Waals surface area contributed by atoms with Gasteiger partial charge < -0.3 is 5.32 Å². The molecule has 7 nitrogen and oxygen atoms in total. The number of anilines is 1. The van der Waals surface area contributed by atoms with Crippen molar-refractivity contribution in [2.45, 2.75) is 20.8 Å². The van der Waals surface area contributed by atoms with E-state index in [0.717, 1.165) is 10.5 Å². The molecule has 0 spiro atoms. The second-order valence-electron chi connectivity index (χ2n) is 5.99. The van der Waals surface area contributed by atoms with Gasteiger partial charge in [-0.15, -0.1) is 0 Å². The molecule has 0 aliphatic carbocycles. The lowest BCUT2D eigenvalue weighted by atomic mass is 10.2. The Hall–Kier alpha value is -2.41. The predicted molar refractivity (Wildman–Crippen MR) is 88.5 cm³/mol. The highest BCUT2D eigenvalue weighted by Crippen LogP contribution is 2.20. The van der Waals surface area contributed by atoms with Gasteiger partial charge in [-0.25, -0.2) is 9.69 Å². The number of amides is 5. The van der Waals surface area contributed by atoms with Gasteiger partial charge in [-0.1, -0.05) is 31.5 Å². The minimum absolute atomic E-state index is 0.0218. The highest BCUT2D eigenvalue weighted by atomic mass is 35.5. The molecular formula is C16H18ClN3O4. The molecule has 1 fully saturated rings. The summed E-state index contributed by atoms with van der Waals surface area (Å²) in [6, 6.07) is 4.22. The van der Waals surface area contributed by atoms with Crippen LogP contribution < -0.4 is 5.32 Å². The van der Waals surface area contributed by atoms with E-state index < -0.39 is 30.3 Å². The molecule has 128 valence electrons. The number of halogens is 1. The molecule has 5 amide bonds. The molecule has 1 N–H and O–H groups in total. The quantitative estimate of drug-likeness (QED) is 0.649. The lowest BCUT2D eigenvalue weighted by Crippen LogP contribution is -2.39. The van der Waals surface area contributed by atoms with Crippen molar-refractivity contribution < 1.29 is 19.2 Å². The van der Waals surface area contributed by atoms with Crippen molar-refractivity contribution in [3.63, 3.8) is 0 Å². The third kappa shape index (κ3) is 3.73. The molecule has 0 aromatic heterocycles. The van der Waals surface area contributed by atoms with Gasteiger partial charge in [0, 0.05) is 17.3 Å². The van der Waals surface area contributed by atoms with Crippen molar-refractivity contribution in [1.82, 2.24) is 9.80 Å². The minimum atomic E-state index is -0.987. The first-order valence-corrected chi connectivity index (χ1v) is 7.81. The third-order valence-electron chi connectivity index (χ3n) is 3.46. The normalized spacial score (nSPS) is 14.8. The average Bonchev–Trinajstić information content (AvgIpc) is 2.68. The zero-order valence-electron chi connectivity index (χ0n) is 13.6. The monoisotopic (exact) mass is 351 g/mol. The summed E-state index contributed by atoms with van der Waals surface area (Å²) in [6.07, 6.45) is 0. The number of aryl methyl sites for hydroxylation is 1. The van der Waals surface area contributed by atoms with E-state index in [2.05, 4.69) is 5.32 Å². The van der Waals surface area contributed by atoms with Gasteiger partial charge in [0.25, 0.3) is 0 Å². The Balaban J connectivity index is 2.08. The Morgan fingerprint density at radius 3 is 2.42 bits per heavy atom. The fraction of sp³-hybridized carbons (Fsp3) is 0.375. The van der Waals surface area contributed by atoms with Crippen molar-refractivity contribution >= 4 is 41.0 Å². The third-order valence-corrected chi connectivity index (χ3v) is 3.69. The topological polar surface area (TPSA) is 86.8 Å². The SMILES string of the molecule is Cc1ccc(Cl)cc1NC(=O)CN1C(=O)C(=O)N(CC(C)C)C1=O. The Morgan fingerprint density at radius 1 is 1.17 bits per heavy atom. The van der Waals surface area contributed by atoms with Gasteiger partial charge in [0.05, 0.1) is 0 Å². The Bertz CT molecular complexity index is 717. The molecule has 1 aliphatic heterocycles. The van der Waals surface area contributed by atoms with Gasteiger partial charge in [0.2, 0.25) is 5.91 Å². The molecule has 0 atom stereocenters. The number of nitrogens with zero attached hydrogens (tertiary/aromatic N) is 2. The van der Waals surface area contributed by atoms with Crippen molar-refractivity contribution in [3.05, 3.63) is 28.8 Å². The van der Waals surface area contributed by atoms with Crippen LogP contribution in [0, 0.1) is 12.8 Å². The zero-order valence-corrected chi connectivity index (χ0v) is 14.4. The molecule has 1 aliphatic rings. The summed E-state index contributed by atoms with van der Waals surface area (Å²) >= 11 is 5.88. The molecule has 1 heterocycles. The van der Waals surface area contributed by atoms with Crippen LogP contribution in [-0.4, -0.2) is 46.6 Å². The summed E-state index contributed by atoms with van der Waals surface area (Å²) in [4.78, 5) is 49.6. The van der Waals surface area contributed by atoms with Gasteiger partial charge in [-0.05, 0) is 30.5 Å². The van der Waals surface area contributed by atoms with E-state index in [1.165, 1.54) is 0 Å². The van der Waals surface area contributed by atoms with E-state index in [-0.39, 0.29) is 12.5 Å². The van der Waals surface area contributed by atoms with Crippen LogP contribution in [0.5, 0.6) is 0 Å². The molecule has 24 heavy (non-hydrogen) atoms. The van der Waals surface area contributed by atoms with Crippen LogP contribution in [0.1, 0.15) is 19.4 Å². The number of rotatable bonds is 5. The lowest BCUT2D eigenvalue weighted by Gasteiger charge is -2.17. The molecule has 0 radical (unpaired) electrons. The number of hydrogen-bond donors (Lipinski definition) is 1. The van der Waals surface area contributed by atoms with E-state index in [1.807, 2.05) is 13.8 Å². The van der Waals surface area contributed by atoms with Crippen LogP contribution in [-0.2, 0) is 14.4 Å². The van der Waals surface area contributed by atoms with E-state index >= 15 is 0 Å². The summed E-state index contributed by atoms with van der Waals surface area (Å²) in [6.45, 7) is 5.04. The van der Waals surface area contributed by atoms with Crippen molar-refractivity contribution in [1.29, 1.82) is 0 Å². The molecule has 1 aromatic rings. The number of benzene rings is 1. The summed E-state index contributed by atoms with van der Waals surface area (Å²) in [7, 11) is 0. The number of carbonyl (C=O) groups is 4. The second kappa shape index (κ2) is 7.00. The fourth-order valence-corrected chi connectivity index (χ4v) is 2.45. The van der Waals surface area contributed by atoms with Crippen molar-refractivity contribution in [3.8, 4) is 0 Å². The van der Waals surface area contributed by atoms with Crippen LogP contribution >= 0.6 is 11.6 Å². The predicted octanol–water partition coefficient (Wildman–Crippen LogP) is 2.03. The molecular weight excluding hydrogens is 334 g/mol. The van der Waals surface area contributed by atoms with E-state index in [4.69, 9.17) is 11.6 Å². The van der Waals surface area contributed by atoms with Gasteiger partial charge in [0.1, 0.15) is 6.54 Å². The van der Waals surface area contributed by atoms with Crippen LogP contribution in [0.2, 0.25) is 5.02 Å². The first kappa shape index (κ1) is 17.9. The molecule has 2 rings (SSSR count). The van der Waals surface area contributed by atoms with Crippen LogP contribution in [0.4, 0.5) is 10.5 Å². The standard InChI is InChI=1S/C16H18ClN3O4/c1-9(2)7-19-14(22)15(23)20(16(19)24)8-13(21)18-12-6-11(17)5-4-10(12)3/h4-6,9H,7-8H2,1-3H3,(H,18,21). The van der Waals surface area contributed by atoms with Crippen molar-refractivity contribution in [2.75, 3.05) is 18.4 Å². The van der Waals surface area contributed by atoms with Gasteiger partial charge in [0.15, 0.2) is 0 Å². The first-order valence-electron chi connectivity index (χ1n) is 7.44. The van der Waals surface area contributed by atoms with Gasteiger partial charge >= 0.3 is 17.8 Å².